The monoisotopic (exact) mass is 843 g/mol. The Morgan fingerprint density at radius 3 is 2.70 bits per heavy atom. The highest BCUT2D eigenvalue weighted by molar-refractivity contribution is 6.08. The number of nitrogens with one attached hydrogen (secondary N) is 2. The fraction of sp³-hybridized carbons (Fsp3) is 0.548. The van der Waals surface area contributed by atoms with Crippen molar-refractivity contribution in [1.82, 2.24) is 43.7 Å². The molecule has 4 aliphatic rings. The van der Waals surface area contributed by atoms with E-state index < -0.39 is 30.0 Å². The van der Waals surface area contributed by atoms with Gasteiger partial charge in [-0.2, -0.15) is 10.2 Å². The van der Waals surface area contributed by atoms with Gasteiger partial charge in [0, 0.05) is 65.2 Å². The smallest absolute Gasteiger partial charge is 0.329 e. The van der Waals surface area contributed by atoms with Gasteiger partial charge in [-0.1, -0.05) is 12.1 Å². The Balaban J connectivity index is 0.797. The van der Waals surface area contributed by atoms with Gasteiger partial charge >= 0.3 is 5.69 Å². The lowest BCUT2D eigenvalue weighted by Crippen LogP contribution is -2.45. The molecule has 0 radical (unpaired) electrons. The van der Waals surface area contributed by atoms with E-state index in [9.17, 15) is 28.0 Å². The lowest BCUT2D eigenvalue weighted by Gasteiger charge is -2.37. The molecule has 2 atom stereocenters. The van der Waals surface area contributed by atoms with Crippen LogP contribution in [0.15, 0.2) is 47.7 Å². The van der Waals surface area contributed by atoms with Crippen molar-refractivity contribution in [2.24, 2.45) is 13.0 Å². The van der Waals surface area contributed by atoms with Crippen LogP contribution in [0.1, 0.15) is 91.5 Å². The number of aryl methyl sites for hydroxylation is 2. The summed E-state index contributed by atoms with van der Waals surface area (Å²) >= 11 is 0. The maximum Gasteiger partial charge on any atom is 0.329 e. The van der Waals surface area contributed by atoms with Crippen LogP contribution >= 0.6 is 0 Å². The highest BCUT2D eigenvalue weighted by atomic mass is 19.3. The number of anilines is 2. The second-order valence-corrected chi connectivity index (χ2v) is 16.7. The van der Waals surface area contributed by atoms with Gasteiger partial charge in [0.05, 0.1) is 48.3 Å². The summed E-state index contributed by atoms with van der Waals surface area (Å²) in [6.07, 6.45) is 7.95. The summed E-state index contributed by atoms with van der Waals surface area (Å²) in [6.45, 7) is 5.83. The molecule has 3 amide bonds. The van der Waals surface area contributed by atoms with Gasteiger partial charge in [-0.3, -0.25) is 38.4 Å². The summed E-state index contributed by atoms with van der Waals surface area (Å²) in [5.41, 5.74) is 2.20. The highest BCUT2D eigenvalue weighted by Gasteiger charge is 2.33. The Morgan fingerprint density at radius 2 is 1.89 bits per heavy atom. The van der Waals surface area contributed by atoms with Crippen molar-refractivity contribution in [3.05, 3.63) is 70.2 Å². The molecule has 1 aromatic carbocycles. The van der Waals surface area contributed by atoms with Gasteiger partial charge in [-0.15, -0.1) is 0 Å². The molecule has 1 unspecified atom stereocenters. The molecule has 4 fully saturated rings. The number of hydrogen-bond donors (Lipinski definition) is 2. The summed E-state index contributed by atoms with van der Waals surface area (Å²) in [4.78, 5) is 60.6. The number of aromatic nitrogens is 7. The largest absolute Gasteiger partial charge is 0.380 e. The van der Waals surface area contributed by atoms with E-state index in [4.69, 9.17) is 14.5 Å². The molecular formula is C42H51F2N11O6. The first kappa shape index (κ1) is 40.9. The number of morpholine rings is 1. The van der Waals surface area contributed by atoms with Crippen LogP contribution in [0.5, 0.6) is 0 Å². The van der Waals surface area contributed by atoms with Crippen molar-refractivity contribution in [2.45, 2.75) is 82.4 Å². The summed E-state index contributed by atoms with van der Waals surface area (Å²) < 4.78 is 46.6. The van der Waals surface area contributed by atoms with Gasteiger partial charge < -0.3 is 19.7 Å². The van der Waals surface area contributed by atoms with Gasteiger partial charge in [0.1, 0.15) is 17.4 Å². The van der Waals surface area contributed by atoms with Gasteiger partial charge in [0.2, 0.25) is 11.8 Å². The molecule has 19 heteroatoms. The number of carbonyl (C=O) groups is 3. The first-order valence-electron chi connectivity index (χ1n) is 21.3. The third-order valence-electron chi connectivity index (χ3n) is 12.7. The molecule has 7 heterocycles. The Hall–Kier alpha value is -5.53. The average Bonchev–Trinajstić information content (AvgIpc) is 3.87. The van der Waals surface area contributed by atoms with E-state index >= 15 is 0 Å². The number of benzene rings is 1. The van der Waals surface area contributed by atoms with Crippen LogP contribution < -0.4 is 21.2 Å². The minimum atomic E-state index is -2.88. The third kappa shape index (κ3) is 8.42. The number of imide groups is 1. The van der Waals surface area contributed by atoms with E-state index in [0.717, 1.165) is 75.8 Å². The molecule has 324 valence electrons. The number of amides is 3. The van der Waals surface area contributed by atoms with E-state index in [2.05, 4.69) is 30.6 Å². The van der Waals surface area contributed by atoms with Gasteiger partial charge in [0.25, 0.3) is 12.3 Å². The minimum Gasteiger partial charge on any atom is -0.380 e. The maximum atomic E-state index is 14.3. The zero-order valence-corrected chi connectivity index (χ0v) is 34.2. The standard InChI is InChI=1S/C42H51F2N11O6/c1-50-37-27(4-2-5-32(37)55(42(50)59)33-12-13-35(56)48-41(33)58)8-11-29-24-51(17-21-61-29)23-26-6-9-28(10-7-26)54-25-31(36(49-54)38(43)44)46-40(57)30-22-45-53-16-14-34(47-39(30)53)52-15-3-19-60-20-18-52/h2,4-5,14,16,22,25-26,28-29,33,38H,3,6-13,15,17-21,23-24H2,1H3,(H,46,57)(H,48,56,58)/t26?,28?,29-,33?/m1/s1. The number of ether oxygens (including phenoxy) is 2. The molecule has 1 aliphatic carbocycles. The molecule has 3 saturated heterocycles. The van der Waals surface area contributed by atoms with Crippen molar-refractivity contribution in [3.63, 3.8) is 0 Å². The molecule has 9 rings (SSSR count). The van der Waals surface area contributed by atoms with E-state index in [1.165, 1.54) is 21.5 Å². The van der Waals surface area contributed by atoms with Crippen molar-refractivity contribution in [2.75, 3.05) is 62.8 Å². The molecule has 17 nitrogen and oxygen atoms in total. The topological polar surface area (TPSA) is 175 Å². The number of piperidine rings is 1. The quantitative estimate of drug-likeness (QED) is 0.184. The van der Waals surface area contributed by atoms with Crippen molar-refractivity contribution >= 4 is 45.9 Å². The Labute approximate surface area is 349 Å². The van der Waals surface area contributed by atoms with Crippen LogP contribution in [0.2, 0.25) is 0 Å². The zero-order valence-electron chi connectivity index (χ0n) is 34.2. The first-order valence-corrected chi connectivity index (χ1v) is 21.3. The lowest BCUT2D eigenvalue weighted by molar-refractivity contribution is -0.135. The number of carbonyl (C=O) groups excluding carboxylic acids is 3. The van der Waals surface area contributed by atoms with Crippen LogP contribution in [0.25, 0.3) is 16.7 Å². The van der Waals surface area contributed by atoms with Gasteiger partial charge in [0.15, 0.2) is 11.3 Å². The molecule has 3 aliphatic heterocycles. The molecule has 0 bridgehead atoms. The normalized spacial score (nSPS) is 23.2. The Kier molecular flexibility index (Phi) is 11.7. The summed E-state index contributed by atoms with van der Waals surface area (Å²) in [5.74, 6) is -0.232. The van der Waals surface area contributed by atoms with Gasteiger partial charge in [-0.25, -0.2) is 23.1 Å². The number of hydrogen-bond acceptors (Lipinski definition) is 11. The second kappa shape index (κ2) is 17.4. The fourth-order valence-electron chi connectivity index (χ4n) is 9.56. The van der Waals surface area contributed by atoms with Crippen LogP contribution in [-0.2, 0) is 32.5 Å². The second-order valence-electron chi connectivity index (χ2n) is 16.7. The van der Waals surface area contributed by atoms with Crippen LogP contribution in [0, 0.1) is 5.92 Å². The van der Waals surface area contributed by atoms with E-state index in [1.54, 1.807) is 22.5 Å². The summed E-state index contributed by atoms with van der Waals surface area (Å²) in [7, 11) is 1.72. The minimum absolute atomic E-state index is 0.00741. The number of para-hydroxylation sites is 1. The number of fused-ring (bicyclic) bond motifs is 2. The molecule has 2 N–H and O–H groups in total. The molecule has 0 spiro atoms. The lowest BCUT2D eigenvalue weighted by atomic mass is 9.85. The molecular weight excluding hydrogens is 793 g/mol. The van der Waals surface area contributed by atoms with Crippen molar-refractivity contribution in [1.29, 1.82) is 0 Å². The Bertz CT molecular complexity index is 2480. The number of halogens is 2. The zero-order chi connectivity index (χ0) is 42.2. The number of nitrogens with zero attached hydrogens (tertiary/aromatic N) is 9. The Morgan fingerprint density at radius 1 is 1.03 bits per heavy atom. The van der Waals surface area contributed by atoms with Crippen LogP contribution in [-0.4, -0.2) is 115 Å². The predicted molar refractivity (Wildman–Crippen MR) is 220 cm³/mol. The van der Waals surface area contributed by atoms with Crippen LogP contribution in [0.4, 0.5) is 20.3 Å². The van der Waals surface area contributed by atoms with E-state index in [-0.39, 0.29) is 47.8 Å². The molecule has 61 heavy (non-hydrogen) atoms. The molecule has 1 saturated carbocycles. The number of rotatable bonds is 11. The maximum absolute atomic E-state index is 14.3. The number of imidazole rings is 1. The summed E-state index contributed by atoms with van der Waals surface area (Å²) in [6, 6.07) is 6.80. The highest BCUT2D eigenvalue weighted by Crippen LogP contribution is 2.36. The molecule has 4 aromatic heterocycles. The number of alkyl halides is 2. The third-order valence-corrected chi connectivity index (χ3v) is 12.7. The first-order chi connectivity index (χ1) is 29.6. The van der Waals surface area contributed by atoms with Crippen LogP contribution in [0.3, 0.4) is 0 Å². The van der Waals surface area contributed by atoms with Crippen molar-refractivity contribution in [3.8, 4) is 0 Å². The molecule has 5 aromatic rings. The predicted octanol–water partition coefficient (Wildman–Crippen LogP) is 4.04. The van der Waals surface area contributed by atoms with E-state index in [0.29, 0.717) is 55.7 Å². The SMILES string of the molecule is Cn1c(=O)n(C2CCC(=O)NC2=O)c2cccc(CC[C@@H]3CN(CC4CCC(n5cc(NC(=O)c6cnn7ccc(N8CCCOCC8)nc67)c(C(F)F)n5)CC4)CCO3)c21. The summed E-state index contributed by atoms with van der Waals surface area (Å²) in [5, 5.41) is 13.6. The van der Waals surface area contributed by atoms with E-state index in [1.807, 2.05) is 24.3 Å². The van der Waals surface area contributed by atoms with Gasteiger partial charge in [-0.05, 0) is 75.0 Å². The van der Waals surface area contributed by atoms with Crippen molar-refractivity contribution < 1.29 is 32.6 Å². The fourth-order valence-corrected chi connectivity index (χ4v) is 9.56. The average molecular weight is 844 g/mol.